The number of piperidine rings is 1. The van der Waals surface area contributed by atoms with Crippen LogP contribution in [0.25, 0.3) is 0 Å². The highest BCUT2D eigenvalue weighted by Gasteiger charge is 2.29. The molecule has 0 amide bonds. The lowest BCUT2D eigenvalue weighted by molar-refractivity contribution is 0.0106. The second-order valence-electron chi connectivity index (χ2n) is 11.6. The average molecular weight is 588 g/mol. The van der Waals surface area contributed by atoms with E-state index < -0.39 is 0 Å². The van der Waals surface area contributed by atoms with Crippen molar-refractivity contribution in [1.29, 1.82) is 0 Å². The first-order valence-electron chi connectivity index (χ1n) is 15.7. The Kier molecular flexibility index (Phi) is 9.87. The minimum Gasteiger partial charge on any atom is -0.495 e. The zero-order chi connectivity index (χ0) is 29.4. The molecule has 3 heterocycles. The van der Waals surface area contributed by atoms with Gasteiger partial charge in [0.25, 0.3) is 0 Å². The van der Waals surface area contributed by atoms with E-state index in [1.54, 1.807) is 14.2 Å². The minimum absolute atomic E-state index is 0.106. The third kappa shape index (κ3) is 7.20. The van der Waals surface area contributed by atoms with Crippen LogP contribution in [-0.2, 0) is 16.1 Å². The Labute approximate surface area is 255 Å². The number of fused-ring (bicyclic) bond motifs is 1. The van der Waals surface area contributed by atoms with Crippen LogP contribution in [0.1, 0.15) is 36.3 Å². The van der Waals surface area contributed by atoms with Crippen LogP contribution in [0.3, 0.4) is 0 Å². The number of hydrogen-bond donors (Lipinski definition) is 1. The Hall–Kier alpha value is -3.46. The van der Waals surface area contributed by atoms with Crippen LogP contribution in [0.4, 0.5) is 11.4 Å². The molecule has 3 aromatic carbocycles. The molecule has 3 aliphatic heterocycles. The number of benzene rings is 3. The molecule has 3 aromatic rings. The minimum atomic E-state index is 0.106. The molecule has 0 spiro atoms. The van der Waals surface area contributed by atoms with Crippen LogP contribution in [0.15, 0.2) is 66.7 Å². The molecule has 230 valence electrons. The summed E-state index contributed by atoms with van der Waals surface area (Å²) >= 11 is 0. The van der Waals surface area contributed by atoms with E-state index in [4.69, 9.17) is 23.7 Å². The molecule has 6 rings (SSSR count). The van der Waals surface area contributed by atoms with E-state index in [-0.39, 0.29) is 12.2 Å². The Bertz CT molecular complexity index is 1320. The first kappa shape index (κ1) is 29.6. The zero-order valence-electron chi connectivity index (χ0n) is 25.5. The Morgan fingerprint density at radius 2 is 1.84 bits per heavy atom. The third-order valence-corrected chi connectivity index (χ3v) is 8.83. The first-order valence-corrected chi connectivity index (χ1v) is 15.7. The van der Waals surface area contributed by atoms with Gasteiger partial charge < -0.3 is 38.8 Å². The zero-order valence-corrected chi connectivity index (χ0v) is 25.5. The van der Waals surface area contributed by atoms with Crippen molar-refractivity contribution in [1.82, 2.24) is 5.32 Å². The van der Waals surface area contributed by atoms with Gasteiger partial charge in [-0.3, -0.25) is 0 Å². The quantitative estimate of drug-likeness (QED) is 0.289. The molecule has 0 radical (unpaired) electrons. The second-order valence-corrected chi connectivity index (χ2v) is 11.6. The molecule has 0 aliphatic carbocycles. The Balaban J connectivity index is 1.05. The van der Waals surface area contributed by atoms with E-state index in [1.807, 2.05) is 12.1 Å². The van der Waals surface area contributed by atoms with Crippen LogP contribution in [-0.4, -0.2) is 78.9 Å². The number of nitrogens with zero attached hydrogens (tertiary/aromatic N) is 2. The summed E-state index contributed by atoms with van der Waals surface area (Å²) in [6.45, 7) is 7.58. The van der Waals surface area contributed by atoms with E-state index in [0.717, 1.165) is 100 Å². The molecule has 43 heavy (non-hydrogen) atoms. The van der Waals surface area contributed by atoms with Gasteiger partial charge in [-0.05, 0) is 66.9 Å². The van der Waals surface area contributed by atoms with Gasteiger partial charge >= 0.3 is 0 Å². The molecule has 8 heteroatoms. The summed E-state index contributed by atoms with van der Waals surface area (Å²) in [4.78, 5) is 4.75. The lowest BCUT2D eigenvalue weighted by atomic mass is 9.87. The number of nitrogens with one attached hydrogen (secondary N) is 1. The fourth-order valence-corrected chi connectivity index (χ4v) is 6.55. The summed E-state index contributed by atoms with van der Waals surface area (Å²) in [6, 6.07) is 23.4. The largest absolute Gasteiger partial charge is 0.495 e. The molecule has 0 bridgehead atoms. The van der Waals surface area contributed by atoms with Gasteiger partial charge in [0.15, 0.2) is 0 Å². The monoisotopic (exact) mass is 587 g/mol. The lowest BCUT2D eigenvalue weighted by Gasteiger charge is -2.33. The van der Waals surface area contributed by atoms with Crippen LogP contribution < -0.4 is 29.3 Å². The predicted octanol–water partition coefficient (Wildman–Crippen LogP) is 5.25. The molecule has 3 atom stereocenters. The second kappa shape index (κ2) is 14.3. The number of para-hydroxylation sites is 2. The van der Waals surface area contributed by atoms with Gasteiger partial charge in [0.1, 0.15) is 30.0 Å². The van der Waals surface area contributed by atoms with Crippen LogP contribution in [0.2, 0.25) is 0 Å². The van der Waals surface area contributed by atoms with Gasteiger partial charge in [-0.1, -0.05) is 30.3 Å². The number of hydrogen-bond acceptors (Lipinski definition) is 8. The van der Waals surface area contributed by atoms with E-state index in [0.29, 0.717) is 12.5 Å². The normalized spacial score (nSPS) is 21.8. The number of ether oxygens (including phenoxy) is 5. The highest BCUT2D eigenvalue weighted by molar-refractivity contribution is 5.61. The fraction of sp³-hybridized carbons (Fsp3) is 0.486. The SMILES string of the molecule is COCCCN1CCOc2ccc(CO[C@H]3CNCC[C@@H]3c3ccc(O[C@H]4CCN(c5ccccc5OC)C4)cc3)cc21. The van der Waals surface area contributed by atoms with Crippen LogP contribution >= 0.6 is 0 Å². The van der Waals surface area contributed by atoms with Crippen molar-refractivity contribution in [3.63, 3.8) is 0 Å². The maximum atomic E-state index is 6.58. The standard InChI is InChI=1S/C35H45N3O5/c1-39-20-5-17-37-19-21-41-34-13-8-26(22-32(34)37)25-42-35-23-36-16-14-30(35)27-9-11-28(12-10-27)43-29-15-18-38(24-29)31-6-3-4-7-33(31)40-2/h3-4,6-13,22,29-30,35-36H,5,14-21,23-25H2,1-2H3/t29-,30+,35-/m0/s1. The Morgan fingerprint density at radius 3 is 2.70 bits per heavy atom. The highest BCUT2D eigenvalue weighted by atomic mass is 16.5. The molecule has 1 N–H and O–H groups in total. The van der Waals surface area contributed by atoms with Gasteiger partial charge in [-0.2, -0.15) is 0 Å². The summed E-state index contributed by atoms with van der Waals surface area (Å²) in [7, 11) is 3.48. The molecule has 2 saturated heterocycles. The number of anilines is 2. The maximum absolute atomic E-state index is 6.58. The molecular weight excluding hydrogens is 542 g/mol. The fourth-order valence-electron chi connectivity index (χ4n) is 6.55. The summed E-state index contributed by atoms with van der Waals surface area (Å²) in [5, 5.41) is 3.54. The van der Waals surface area contributed by atoms with Crippen molar-refractivity contribution in [3.05, 3.63) is 77.9 Å². The maximum Gasteiger partial charge on any atom is 0.142 e. The molecule has 0 saturated carbocycles. The highest BCUT2D eigenvalue weighted by Crippen LogP contribution is 2.35. The van der Waals surface area contributed by atoms with Gasteiger partial charge in [-0.15, -0.1) is 0 Å². The van der Waals surface area contributed by atoms with Crippen molar-refractivity contribution in [3.8, 4) is 17.2 Å². The van der Waals surface area contributed by atoms with Crippen molar-refractivity contribution < 1.29 is 23.7 Å². The molecule has 2 fully saturated rings. The van der Waals surface area contributed by atoms with Gasteiger partial charge in [0.05, 0.1) is 44.3 Å². The first-order chi connectivity index (χ1) is 21.2. The lowest BCUT2D eigenvalue weighted by Crippen LogP contribution is -2.41. The topological polar surface area (TPSA) is 64.7 Å². The number of methoxy groups -OCH3 is 2. The van der Waals surface area contributed by atoms with Gasteiger partial charge in [-0.25, -0.2) is 0 Å². The van der Waals surface area contributed by atoms with E-state index >= 15 is 0 Å². The smallest absolute Gasteiger partial charge is 0.142 e. The molecule has 0 unspecified atom stereocenters. The van der Waals surface area contributed by atoms with Crippen molar-refractivity contribution in [2.24, 2.45) is 0 Å². The molecule has 3 aliphatic rings. The third-order valence-electron chi connectivity index (χ3n) is 8.83. The summed E-state index contributed by atoms with van der Waals surface area (Å²) < 4.78 is 29.8. The van der Waals surface area contributed by atoms with Crippen LogP contribution in [0.5, 0.6) is 17.2 Å². The predicted molar refractivity (Wildman–Crippen MR) is 170 cm³/mol. The van der Waals surface area contributed by atoms with Crippen molar-refractivity contribution >= 4 is 11.4 Å². The van der Waals surface area contributed by atoms with Crippen LogP contribution in [0, 0.1) is 0 Å². The molecular formula is C35H45N3O5. The average Bonchev–Trinajstić information content (AvgIpc) is 3.52. The molecule has 8 nitrogen and oxygen atoms in total. The van der Waals surface area contributed by atoms with E-state index in [2.05, 4.69) is 69.7 Å². The Morgan fingerprint density at radius 1 is 0.953 bits per heavy atom. The van der Waals surface area contributed by atoms with E-state index in [1.165, 1.54) is 11.1 Å². The number of rotatable bonds is 12. The summed E-state index contributed by atoms with van der Waals surface area (Å²) in [6.07, 6.45) is 3.30. The van der Waals surface area contributed by atoms with Crippen molar-refractivity contribution in [2.75, 3.05) is 76.5 Å². The van der Waals surface area contributed by atoms with Gasteiger partial charge in [0, 0.05) is 45.7 Å². The summed E-state index contributed by atoms with van der Waals surface area (Å²) in [5.74, 6) is 3.13. The summed E-state index contributed by atoms with van der Waals surface area (Å²) in [5.41, 5.74) is 4.77. The molecule has 0 aromatic heterocycles. The van der Waals surface area contributed by atoms with Gasteiger partial charge in [0.2, 0.25) is 0 Å². The van der Waals surface area contributed by atoms with E-state index in [9.17, 15) is 0 Å². The van der Waals surface area contributed by atoms with Crippen molar-refractivity contribution in [2.45, 2.75) is 44.0 Å².